The number of carbonyl (C=O) groups is 1. The zero-order chi connectivity index (χ0) is 16.2. The van der Waals surface area contributed by atoms with E-state index in [1.54, 1.807) is 0 Å². The van der Waals surface area contributed by atoms with Gasteiger partial charge in [-0.05, 0) is 63.7 Å². The van der Waals surface area contributed by atoms with E-state index in [2.05, 4.69) is 36.3 Å². The molecule has 120 valence electrons. The maximum absolute atomic E-state index is 12.7. The van der Waals surface area contributed by atoms with Crippen LogP contribution in [-0.2, 0) is 0 Å². The van der Waals surface area contributed by atoms with E-state index in [1.807, 2.05) is 36.4 Å². The summed E-state index contributed by atoms with van der Waals surface area (Å²) in [5, 5.41) is 3.42. The van der Waals surface area contributed by atoms with E-state index < -0.39 is 0 Å². The lowest BCUT2D eigenvalue weighted by Gasteiger charge is -2.28. The van der Waals surface area contributed by atoms with Crippen molar-refractivity contribution in [3.63, 3.8) is 0 Å². The number of para-hydroxylation sites is 1. The summed E-state index contributed by atoms with van der Waals surface area (Å²) in [5.74, 6) is 0.450. The number of Topliss-reactive ketones (excluding diaryl/α,β-unsaturated/α-hetero) is 1. The molecule has 3 rings (SSSR count). The second kappa shape index (κ2) is 6.97. The highest BCUT2D eigenvalue weighted by Gasteiger charge is 2.24. The monoisotopic (exact) mass is 308 g/mol. The van der Waals surface area contributed by atoms with Gasteiger partial charge in [0.25, 0.3) is 0 Å². The Kier molecular flexibility index (Phi) is 4.77. The van der Waals surface area contributed by atoms with Crippen LogP contribution in [0.4, 0.5) is 11.4 Å². The van der Waals surface area contributed by atoms with Gasteiger partial charge < -0.3 is 10.2 Å². The molecule has 0 spiro atoms. The SMILES string of the molecule is Cc1ccccc1Nc1cccc(C(=O)C2CCN(C)CC2)c1. The van der Waals surface area contributed by atoms with Gasteiger partial charge in [-0.15, -0.1) is 0 Å². The molecule has 0 atom stereocenters. The molecule has 0 amide bonds. The lowest BCUT2D eigenvalue weighted by atomic mass is 9.89. The highest BCUT2D eigenvalue weighted by Crippen LogP contribution is 2.25. The van der Waals surface area contributed by atoms with Crippen LogP contribution in [0, 0.1) is 12.8 Å². The molecule has 3 nitrogen and oxygen atoms in total. The summed E-state index contributed by atoms with van der Waals surface area (Å²) < 4.78 is 0. The number of rotatable bonds is 4. The van der Waals surface area contributed by atoms with Crippen molar-refractivity contribution in [1.29, 1.82) is 0 Å². The van der Waals surface area contributed by atoms with Crippen molar-refractivity contribution in [2.24, 2.45) is 5.92 Å². The van der Waals surface area contributed by atoms with Crippen molar-refractivity contribution in [1.82, 2.24) is 4.90 Å². The average Bonchev–Trinajstić information content (AvgIpc) is 2.57. The van der Waals surface area contributed by atoms with Crippen molar-refractivity contribution in [2.45, 2.75) is 19.8 Å². The standard InChI is InChI=1S/C20H24N2O/c1-15-6-3-4-9-19(15)21-18-8-5-7-17(14-18)20(23)16-10-12-22(2)13-11-16/h3-9,14,16,21H,10-13H2,1-2H3. The molecule has 1 aliphatic rings. The van der Waals surface area contributed by atoms with Crippen molar-refractivity contribution in [3.8, 4) is 0 Å². The van der Waals surface area contributed by atoms with E-state index in [0.717, 1.165) is 42.9 Å². The highest BCUT2D eigenvalue weighted by atomic mass is 16.1. The molecule has 0 saturated carbocycles. The number of hydrogen-bond acceptors (Lipinski definition) is 3. The second-order valence-electron chi connectivity index (χ2n) is 6.46. The molecule has 23 heavy (non-hydrogen) atoms. The minimum absolute atomic E-state index is 0.167. The van der Waals surface area contributed by atoms with Crippen molar-refractivity contribution < 1.29 is 4.79 Å². The van der Waals surface area contributed by atoms with Crippen LogP contribution in [0.5, 0.6) is 0 Å². The molecular formula is C20H24N2O. The Morgan fingerprint density at radius 1 is 1.09 bits per heavy atom. The quantitative estimate of drug-likeness (QED) is 0.856. The number of carbonyl (C=O) groups excluding carboxylic acids is 1. The zero-order valence-corrected chi connectivity index (χ0v) is 13.9. The molecule has 3 heteroatoms. The summed E-state index contributed by atoms with van der Waals surface area (Å²) >= 11 is 0. The lowest BCUT2D eigenvalue weighted by molar-refractivity contribution is 0.0857. The van der Waals surface area contributed by atoms with Gasteiger partial charge in [-0.3, -0.25) is 4.79 Å². The van der Waals surface area contributed by atoms with E-state index in [4.69, 9.17) is 0 Å². The minimum Gasteiger partial charge on any atom is -0.355 e. The summed E-state index contributed by atoms with van der Waals surface area (Å²) in [7, 11) is 2.12. The maximum Gasteiger partial charge on any atom is 0.166 e. The van der Waals surface area contributed by atoms with Gasteiger partial charge in [-0.2, -0.15) is 0 Å². The minimum atomic E-state index is 0.167. The first-order valence-electron chi connectivity index (χ1n) is 8.29. The predicted octanol–water partition coefficient (Wildman–Crippen LogP) is 4.26. The Morgan fingerprint density at radius 3 is 2.57 bits per heavy atom. The molecule has 0 unspecified atom stereocenters. The Labute approximate surface area is 138 Å². The predicted molar refractivity (Wildman–Crippen MR) is 95.5 cm³/mol. The molecule has 1 N–H and O–H groups in total. The van der Waals surface area contributed by atoms with Crippen molar-refractivity contribution >= 4 is 17.2 Å². The number of anilines is 2. The van der Waals surface area contributed by atoms with Crippen molar-refractivity contribution in [3.05, 3.63) is 59.7 Å². The molecule has 2 aromatic rings. The Morgan fingerprint density at radius 2 is 1.83 bits per heavy atom. The van der Waals surface area contributed by atoms with Crippen LogP contribution in [-0.4, -0.2) is 30.8 Å². The normalized spacial score (nSPS) is 16.3. The van der Waals surface area contributed by atoms with Crippen LogP contribution in [0.2, 0.25) is 0 Å². The molecular weight excluding hydrogens is 284 g/mol. The van der Waals surface area contributed by atoms with Crippen LogP contribution in [0.3, 0.4) is 0 Å². The number of hydrogen-bond donors (Lipinski definition) is 1. The second-order valence-corrected chi connectivity index (χ2v) is 6.46. The number of piperidine rings is 1. The number of ketones is 1. The first kappa shape index (κ1) is 15.8. The maximum atomic E-state index is 12.7. The summed E-state index contributed by atoms with van der Waals surface area (Å²) in [5.41, 5.74) is 4.06. The Hall–Kier alpha value is -2.13. The van der Waals surface area contributed by atoms with Gasteiger partial charge in [0, 0.05) is 22.9 Å². The van der Waals surface area contributed by atoms with E-state index in [-0.39, 0.29) is 11.7 Å². The van der Waals surface area contributed by atoms with Crippen LogP contribution in [0.25, 0.3) is 0 Å². The zero-order valence-electron chi connectivity index (χ0n) is 13.9. The topological polar surface area (TPSA) is 32.3 Å². The summed E-state index contributed by atoms with van der Waals surface area (Å²) in [6, 6.07) is 16.1. The molecule has 1 fully saturated rings. The number of aryl methyl sites for hydroxylation is 1. The summed E-state index contributed by atoms with van der Waals surface area (Å²) in [4.78, 5) is 15.0. The van der Waals surface area contributed by atoms with E-state index in [9.17, 15) is 4.79 Å². The molecule has 0 bridgehead atoms. The van der Waals surface area contributed by atoms with Gasteiger partial charge >= 0.3 is 0 Å². The lowest BCUT2D eigenvalue weighted by Crippen LogP contribution is -2.33. The van der Waals surface area contributed by atoms with Crippen LogP contribution in [0.15, 0.2) is 48.5 Å². The average molecular weight is 308 g/mol. The van der Waals surface area contributed by atoms with E-state index >= 15 is 0 Å². The molecule has 0 radical (unpaired) electrons. The molecule has 1 aliphatic heterocycles. The largest absolute Gasteiger partial charge is 0.355 e. The number of likely N-dealkylation sites (tertiary alicyclic amines) is 1. The molecule has 0 aromatic heterocycles. The summed E-state index contributed by atoms with van der Waals surface area (Å²) in [6.45, 7) is 4.10. The van der Waals surface area contributed by atoms with Crippen LogP contribution in [0.1, 0.15) is 28.8 Å². The third-order valence-corrected chi connectivity index (χ3v) is 4.66. The first-order chi connectivity index (χ1) is 11.1. The van der Waals surface area contributed by atoms with Gasteiger partial charge in [-0.25, -0.2) is 0 Å². The van der Waals surface area contributed by atoms with E-state index in [0.29, 0.717) is 0 Å². The number of benzene rings is 2. The van der Waals surface area contributed by atoms with Gasteiger partial charge in [0.1, 0.15) is 0 Å². The molecule has 1 saturated heterocycles. The molecule has 1 heterocycles. The smallest absolute Gasteiger partial charge is 0.166 e. The van der Waals surface area contributed by atoms with Gasteiger partial charge in [0.15, 0.2) is 5.78 Å². The third-order valence-electron chi connectivity index (χ3n) is 4.66. The van der Waals surface area contributed by atoms with Gasteiger partial charge in [-0.1, -0.05) is 30.3 Å². The van der Waals surface area contributed by atoms with Crippen LogP contribution < -0.4 is 5.32 Å². The number of nitrogens with one attached hydrogen (secondary N) is 1. The van der Waals surface area contributed by atoms with Gasteiger partial charge in [0.2, 0.25) is 0 Å². The number of nitrogens with zero attached hydrogens (tertiary/aromatic N) is 1. The molecule has 2 aromatic carbocycles. The molecule has 0 aliphatic carbocycles. The highest BCUT2D eigenvalue weighted by molar-refractivity contribution is 5.98. The van der Waals surface area contributed by atoms with Crippen molar-refractivity contribution in [2.75, 3.05) is 25.5 Å². The van der Waals surface area contributed by atoms with E-state index in [1.165, 1.54) is 5.56 Å². The fourth-order valence-electron chi connectivity index (χ4n) is 3.13. The summed E-state index contributed by atoms with van der Waals surface area (Å²) in [6.07, 6.45) is 1.93. The first-order valence-corrected chi connectivity index (χ1v) is 8.29. The van der Waals surface area contributed by atoms with Crippen LogP contribution >= 0.6 is 0 Å². The Balaban J connectivity index is 1.75. The fraction of sp³-hybridized carbons (Fsp3) is 0.350. The van der Waals surface area contributed by atoms with Gasteiger partial charge in [0.05, 0.1) is 0 Å². The Bertz CT molecular complexity index is 688. The fourth-order valence-corrected chi connectivity index (χ4v) is 3.13. The third kappa shape index (κ3) is 3.80.